The minimum absolute atomic E-state index is 0.348. The molecule has 2 N–H and O–H groups in total. The fourth-order valence-electron chi connectivity index (χ4n) is 1.25. The number of nitrogens with two attached hydrogens (primary N) is 1. The van der Waals surface area contributed by atoms with Crippen LogP contribution >= 0.6 is 0 Å². The van der Waals surface area contributed by atoms with Gasteiger partial charge in [0.05, 0.1) is 0 Å². The zero-order valence-corrected chi connectivity index (χ0v) is 6.56. The molecule has 0 radical (unpaired) electrons. The second kappa shape index (κ2) is 3.63. The quantitative estimate of drug-likeness (QED) is 0.574. The predicted octanol–water partition coefficient (Wildman–Crippen LogP) is 1.53. The summed E-state index contributed by atoms with van der Waals surface area (Å²) in [6.45, 7) is 1.87. The maximum atomic E-state index is 5.86. The Morgan fingerprint density at radius 2 is 2.30 bits per heavy atom. The Labute approximate surface area is 63.0 Å². The van der Waals surface area contributed by atoms with Crippen molar-refractivity contribution in [3.63, 3.8) is 0 Å². The highest BCUT2D eigenvalue weighted by molar-refractivity contribution is 4.99. The lowest BCUT2D eigenvalue weighted by Gasteiger charge is -2.29. The first-order valence-electron chi connectivity index (χ1n) is 3.99. The molecule has 10 heavy (non-hydrogen) atoms. The Morgan fingerprint density at radius 3 is 2.70 bits per heavy atom. The lowest BCUT2D eigenvalue weighted by atomic mass is 9.79. The molecule has 0 amide bonds. The molecule has 1 saturated carbocycles. The summed E-state index contributed by atoms with van der Waals surface area (Å²) in [5.41, 5.74) is 5.86. The number of hydrogen-bond acceptors (Lipinski definition) is 1. The van der Waals surface area contributed by atoms with Gasteiger partial charge in [0, 0.05) is 12.5 Å². The van der Waals surface area contributed by atoms with Crippen LogP contribution < -0.4 is 5.73 Å². The molecule has 0 saturated heterocycles. The molecule has 1 heteroatoms. The summed E-state index contributed by atoms with van der Waals surface area (Å²) in [5.74, 6) is 6.67. The Kier molecular flexibility index (Phi) is 2.77. The first kappa shape index (κ1) is 7.63. The molecule has 1 unspecified atom stereocenters. The van der Waals surface area contributed by atoms with E-state index in [1.807, 2.05) is 6.92 Å². The van der Waals surface area contributed by atoms with Gasteiger partial charge in [0.2, 0.25) is 0 Å². The van der Waals surface area contributed by atoms with Gasteiger partial charge in [-0.25, -0.2) is 0 Å². The van der Waals surface area contributed by atoms with Crippen molar-refractivity contribution in [3.8, 4) is 11.8 Å². The van der Waals surface area contributed by atoms with Crippen molar-refractivity contribution in [2.45, 2.75) is 38.6 Å². The third kappa shape index (κ3) is 1.75. The molecular weight excluding hydrogens is 122 g/mol. The van der Waals surface area contributed by atoms with Gasteiger partial charge in [0.15, 0.2) is 0 Å². The largest absolute Gasteiger partial charge is 0.327 e. The molecule has 0 heterocycles. The van der Waals surface area contributed by atoms with Gasteiger partial charge in [-0.05, 0) is 25.7 Å². The highest BCUT2D eigenvalue weighted by Crippen LogP contribution is 2.29. The van der Waals surface area contributed by atoms with Crippen molar-refractivity contribution in [2.24, 2.45) is 11.7 Å². The highest BCUT2D eigenvalue weighted by atomic mass is 14.7. The van der Waals surface area contributed by atoms with E-state index < -0.39 is 0 Å². The van der Waals surface area contributed by atoms with Crippen molar-refractivity contribution < 1.29 is 0 Å². The normalized spacial score (nSPS) is 20.6. The molecule has 1 atom stereocenters. The van der Waals surface area contributed by atoms with Crippen molar-refractivity contribution in [2.75, 3.05) is 0 Å². The van der Waals surface area contributed by atoms with E-state index in [0.717, 1.165) is 12.3 Å². The Bertz CT molecular complexity index is 148. The Morgan fingerprint density at radius 1 is 1.60 bits per heavy atom. The first-order chi connectivity index (χ1) is 4.84. The van der Waals surface area contributed by atoms with Crippen LogP contribution in [-0.4, -0.2) is 6.04 Å². The molecule has 1 fully saturated rings. The second-order valence-corrected chi connectivity index (χ2v) is 2.99. The van der Waals surface area contributed by atoms with E-state index in [1.54, 1.807) is 0 Å². The molecule has 1 nitrogen and oxygen atoms in total. The second-order valence-electron chi connectivity index (χ2n) is 2.99. The summed E-state index contributed by atoms with van der Waals surface area (Å²) >= 11 is 0. The fourth-order valence-corrected chi connectivity index (χ4v) is 1.25. The maximum Gasteiger partial charge on any atom is 0.0243 e. The molecule has 56 valence electrons. The molecule has 0 aromatic carbocycles. The van der Waals surface area contributed by atoms with Crippen molar-refractivity contribution in [1.82, 2.24) is 0 Å². The van der Waals surface area contributed by atoms with E-state index in [9.17, 15) is 0 Å². The van der Waals surface area contributed by atoms with Gasteiger partial charge in [-0.15, -0.1) is 11.8 Å². The van der Waals surface area contributed by atoms with Crippen LogP contribution in [0, 0.1) is 17.8 Å². The minimum Gasteiger partial charge on any atom is -0.327 e. The number of hydrogen-bond donors (Lipinski definition) is 1. The SMILES string of the molecule is CC#CCC(N)C1CCC1. The van der Waals surface area contributed by atoms with Gasteiger partial charge in [-0.3, -0.25) is 0 Å². The average Bonchev–Trinajstić information content (AvgIpc) is 1.79. The van der Waals surface area contributed by atoms with E-state index in [2.05, 4.69) is 11.8 Å². The van der Waals surface area contributed by atoms with Crippen LogP contribution in [0.1, 0.15) is 32.6 Å². The molecule has 1 rings (SSSR count). The Balaban J connectivity index is 2.17. The lowest BCUT2D eigenvalue weighted by Crippen LogP contribution is -2.33. The smallest absolute Gasteiger partial charge is 0.0243 e. The molecule has 0 bridgehead atoms. The van der Waals surface area contributed by atoms with Crippen LogP contribution in [-0.2, 0) is 0 Å². The molecule has 1 aliphatic carbocycles. The van der Waals surface area contributed by atoms with E-state index in [1.165, 1.54) is 19.3 Å². The van der Waals surface area contributed by atoms with Crippen molar-refractivity contribution >= 4 is 0 Å². The fraction of sp³-hybridized carbons (Fsp3) is 0.778. The van der Waals surface area contributed by atoms with Crippen LogP contribution in [0.2, 0.25) is 0 Å². The zero-order chi connectivity index (χ0) is 7.40. The Hall–Kier alpha value is -0.480. The van der Waals surface area contributed by atoms with Gasteiger partial charge < -0.3 is 5.73 Å². The monoisotopic (exact) mass is 137 g/mol. The topological polar surface area (TPSA) is 26.0 Å². The van der Waals surface area contributed by atoms with Gasteiger partial charge in [0.1, 0.15) is 0 Å². The van der Waals surface area contributed by atoms with Gasteiger partial charge >= 0.3 is 0 Å². The highest BCUT2D eigenvalue weighted by Gasteiger charge is 2.23. The van der Waals surface area contributed by atoms with Crippen molar-refractivity contribution in [3.05, 3.63) is 0 Å². The predicted molar refractivity (Wildman–Crippen MR) is 43.4 cm³/mol. The van der Waals surface area contributed by atoms with Crippen LogP contribution in [0.15, 0.2) is 0 Å². The van der Waals surface area contributed by atoms with Crippen LogP contribution in [0.4, 0.5) is 0 Å². The summed E-state index contributed by atoms with van der Waals surface area (Å²) in [6.07, 6.45) is 4.91. The van der Waals surface area contributed by atoms with Crippen LogP contribution in [0.3, 0.4) is 0 Å². The first-order valence-corrected chi connectivity index (χ1v) is 3.99. The minimum atomic E-state index is 0.348. The van der Waals surface area contributed by atoms with E-state index >= 15 is 0 Å². The van der Waals surface area contributed by atoms with Crippen LogP contribution in [0.25, 0.3) is 0 Å². The third-order valence-electron chi connectivity index (χ3n) is 2.27. The lowest BCUT2D eigenvalue weighted by molar-refractivity contribution is 0.264. The summed E-state index contributed by atoms with van der Waals surface area (Å²) in [4.78, 5) is 0. The van der Waals surface area contributed by atoms with E-state index in [4.69, 9.17) is 5.73 Å². The third-order valence-corrected chi connectivity index (χ3v) is 2.27. The molecule has 0 spiro atoms. The number of rotatable bonds is 2. The summed E-state index contributed by atoms with van der Waals surface area (Å²) in [6, 6.07) is 0.348. The molecule has 0 aromatic rings. The van der Waals surface area contributed by atoms with Crippen molar-refractivity contribution in [1.29, 1.82) is 0 Å². The van der Waals surface area contributed by atoms with Gasteiger partial charge in [-0.2, -0.15) is 0 Å². The summed E-state index contributed by atoms with van der Waals surface area (Å²) < 4.78 is 0. The van der Waals surface area contributed by atoms with Crippen LogP contribution in [0.5, 0.6) is 0 Å². The summed E-state index contributed by atoms with van der Waals surface area (Å²) in [7, 11) is 0. The molecule has 0 aliphatic heterocycles. The average molecular weight is 137 g/mol. The van der Waals surface area contributed by atoms with E-state index in [0.29, 0.717) is 6.04 Å². The summed E-state index contributed by atoms with van der Waals surface area (Å²) in [5, 5.41) is 0. The standard InChI is InChI=1S/C9H15N/c1-2-3-7-9(10)8-5-4-6-8/h8-9H,4-7,10H2,1H3. The van der Waals surface area contributed by atoms with Gasteiger partial charge in [0.25, 0.3) is 0 Å². The molecule has 0 aromatic heterocycles. The van der Waals surface area contributed by atoms with Gasteiger partial charge in [-0.1, -0.05) is 6.42 Å². The molecule has 1 aliphatic rings. The molecular formula is C9H15N. The zero-order valence-electron chi connectivity index (χ0n) is 6.56. The maximum absolute atomic E-state index is 5.86. The van der Waals surface area contributed by atoms with E-state index in [-0.39, 0.29) is 0 Å².